The Labute approximate surface area is 132 Å². The second-order valence-electron chi connectivity index (χ2n) is 4.57. The van der Waals surface area contributed by atoms with Crippen molar-refractivity contribution in [2.24, 2.45) is 0 Å². The molecule has 0 N–H and O–H groups in total. The van der Waals surface area contributed by atoms with Crippen molar-refractivity contribution in [2.75, 3.05) is 0 Å². The Kier molecular flexibility index (Phi) is 13.7. The van der Waals surface area contributed by atoms with E-state index in [1.807, 2.05) is 20.4 Å². The molecular weight excluding hydrogens is 296 g/mol. The van der Waals surface area contributed by atoms with Gasteiger partial charge in [-0.2, -0.15) is 28.3 Å². The summed E-state index contributed by atoms with van der Waals surface area (Å²) in [5, 5.41) is 0. The molecule has 0 unspecified atom stereocenters. The number of fused-ring (bicyclic) bond motifs is 3. The van der Waals surface area contributed by atoms with Gasteiger partial charge < -0.3 is 14.4 Å². The zero-order valence-corrected chi connectivity index (χ0v) is 13.0. The molecule has 4 heteroatoms. The van der Waals surface area contributed by atoms with Crippen LogP contribution in [0.15, 0.2) is 6.07 Å². The van der Waals surface area contributed by atoms with Gasteiger partial charge in [-0.1, -0.05) is 51.4 Å². The van der Waals surface area contributed by atoms with E-state index in [2.05, 4.69) is 6.07 Å². The smallest absolute Gasteiger partial charge is 0.106 e. The van der Waals surface area contributed by atoms with Crippen LogP contribution in [0, 0.1) is 0 Å². The minimum atomic E-state index is 0. The van der Waals surface area contributed by atoms with Crippen molar-refractivity contribution in [1.82, 2.24) is 0 Å². The molecule has 0 heterocycles. The number of rotatable bonds is 0. The van der Waals surface area contributed by atoms with E-state index in [0.717, 1.165) is 0 Å². The van der Waals surface area contributed by atoms with Crippen LogP contribution in [0.5, 0.6) is 0 Å². The van der Waals surface area contributed by atoms with Crippen molar-refractivity contribution >= 4 is 20.4 Å². The van der Waals surface area contributed by atoms with E-state index in [1.54, 1.807) is 22.3 Å². The van der Waals surface area contributed by atoms with Crippen LogP contribution in [0.1, 0.15) is 47.9 Å². The summed E-state index contributed by atoms with van der Waals surface area (Å²) in [6.45, 7) is 6.00. The van der Waals surface area contributed by atoms with Crippen LogP contribution in [0.2, 0.25) is 0 Å². The van der Waals surface area contributed by atoms with E-state index in [1.165, 1.54) is 51.4 Å². The standard InChI is InChI=1S/C13H17.3CH2O.Fe/c1-3-7-12-10(5-1)9-11-6-2-4-8-13(11)12;3*1-2;/h9H,1-8H2;3*1H2;/q-1;;;;. The number of hydrogen-bond donors (Lipinski definition) is 0. The molecule has 3 rings (SSSR count). The van der Waals surface area contributed by atoms with Gasteiger partial charge in [0.1, 0.15) is 20.4 Å². The molecule has 0 aliphatic heterocycles. The summed E-state index contributed by atoms with van der Waals surface area (Å²) in [5.74, 6) is 0. The topological polar surface area (TPSA) is 51.2 Å². The summed E-state index contributed by atoms with van der Waals surface area (Å²) in [4.78, 5) is 24.0. The van der Waals surface area contributed by atoms with Gasteiger partial charge in [0.15, 0.2) is 0 Å². The Balaban J connectivity index is 0. The van der Waals surface area contributed by atoms with E-state index in [0.29, 0.717) is 0 Å². The van der Waals surface area contributed by atoms with Crippen molar-refractivity contribution in [1.29, 1.82) is 0 Å². The fourth-order valence-electron chi connectivity index (χ4n) is 3.08. The van der Waals surface area contributed by atoms with Gasteiger partial charge in [-0.05, 0) is 0 Å². The van der Waals surface area contributed by atoms with Crippen LogP contribution in [0.4, 0.5) is 0 Å². The van der Waals surface area contributed by atoms with Gasteiger partial charge in [-0.25, -0.2) is 0 Å². The molecule has 1 aromatic rings. The largest absolute Gasteiger partial charge is 0.307 e. The van der Waals surface area contributed by atoms with Crippen LogP contribution in [0.3, 0.4) is 0 Å². The van der Waals surface area contributed by atoms with Crippen LogP contribution in [-0.2, 0) is 57.1 Å². The Morgan fingerprint density at radius 2 is 0.900 bits per heavy atom. The van der Waals surface area contributed by atoms with Gasteiger partial charge in [0, 0.05) is 17.1 Å². The predicted molar refractivity (Wildman–Crippen MR) is 76.7 cm³/mol. The molecular formula is C16H23FeO3-. The summed E-state index contributed by atoms with van der Waals surface area (Å²) in [7, 11) is 0. The van der Waals surface area contributed by atoms with Crippen molar-refractivity contribution < 1.29 is 31.5 Å². The van der Waals surface area contributed by atoms with Crippen molar-refractivity contribution in [2.45, 2.75) is 51.4 Å². The quantitative estimate of drug-likeness (QED) is 0.545. The van der Waals surface area contributed by atoms with Gasteiger partial charge in [0.25, 0.3) is 0 Å². The van der Waals surface area contributed by atoms with E-state index in [9.17, 15) is 0 Å². The van der Waals surface area contributed by atoms with E-state index >= 15 is 0 Å². The summed E-state index contributed by atoms with van der Waals surface area (Å²) in [5.41, 5.74) is 6.94. The van der Waals surface area contributed by atoms with Gasteiger partial charge in [-0.3, -0.25) is 0 Å². The Morgan fingerprint density at radius 1 is 0.600 bits per heavy atom. The molecule has 1 aromatic carbocycles. The summed E-state index contributed by atoms with van der Waals surface area (Å²) in [6.07, 6.45) is 11.2. The van der Waals surface area contributed by atoms with Crippen LogP contribution in [0.25, 0.3) is 0 Å². The molecule has 20 heavy (non-hydrogen) atoms. The van der Waals surface area contributed by atoms with Gasteiger partial charge in [0.05, 0.1) is 0 Å². The number of carbonyl (C=O) groups excluding carboxylic acids is 3. The number of hydrogen-bond acceptors (Lipinski definition) is 3. The monoisotopic (exact) mass is 319 g/mol. The average Bonchev–Trinajstić information content (AvgIpc) is 2.92. The first-order valence-corrected chi connectivity index (χ1v) is 6.61. The summed E-state index contributed by atoms with van der Waals surface area (Å²) in [6, 6.07) is 2.52. The molecule has 0 saturated carbocycles. The Morgan fingerprint density at radius 3 is 1.25 bits per heavy atom. The molecule has 0 aromatic heterocycles. The number of aryl methyl sites for hydroxylation is 2. The van der Waals surface area contributed by atoms with Crippen LogP contribution < -0.4 is 0 Å². The molecule has 3 nitrogen and oxygen atoms in total. The first-order valence-electron chi connectivity index (χ1n) is 6.61. The van der Waals surface area contributed by atoms with Crippen LogP contribution >= 0.6 is 0 Å². The molecule has 0 amide bonds. The van der Waals surface area contributed by atoms with Crippen molar-refractivity contribution in [3.05, 3.63) is 28.3 Å². The second kappa shape index (κ2) is 12.9. The van der Waals surface area contributed by atoms with Crippen molar-refractivity contribution in [3.8, 4) is 0 Å². The number of carbonyl (C=O) groups is 3. The molecule has 0 fully saturated rings. The van der Waals surface area contributed by atoms with E-state index in [4.69, 9.17) is 14.4 Å². The first kappa shape index (κ1) is 21.2. The SMILES string of the molecule is C=O.C=O.C=O.[Fe].[cH-]1c2c(c3c1CCCC3)CCCC2. The molecule has 2 aliphatic carbocycles. The maximum absolute atomic E-state index is 8.00. The average molecular weight is 319 g/mol. The van der Waals surface area contributed by atoms with Gasteiger partial charge in [0.2, 0.25) is 0 Å². The Hall–Kier alpha value is -1.12. The zero-order valence-electron chi connectivity index (χ0n) is 11.9. The molecule has 114 valence electrons. The second-order valence-corrected chi connectivity index (χ2v) is 4.57. The minimum Gasteiger partial charge on any atom is -0.307 e. The normalized spacial score (nSPS) is 14.2. The Bertz CT molecular complexity index is 339. The van der Waals surface area contributed by atoms with Gasteiger partial charge in [-0.15, -0.1) is 0 Å². The fraction of sp³-hybridized carbons (Fsp3) is 0.500. The summed E-state index contributed by atoms with van der Waals surface area (Å²) >= 11 is 0. The molecule has 0 spiro atoms. The fourth-order valence-corrected chi connectivity index (χ4v) is 3.08. The predicted octanol–water partition coefficient (Wildman–Crippen LogP) is 2.61. The molecule has 0 radical (unpaired) electrons. The molecule has 2 aliphatic rings. The molecule has 0 atom stereocenters. The minimum absolute atomic E-state index is 0. The first-order chi connectivity index (χ1) is 9.45. The van der Waals surface area contributed by atoms with E-state index in [-0.39, 0.29) is 17.1 Å². The van der Waals surface area contributed by atoms with Crippen LogP contribution in [-0.4, -0.2) is 20.4 Å². The van der Waals surface area contributed by atoms with E-state index < -0.39 is 0 Å². The van der Waals surface area contributed by atoms with Gasteiger partial charge >= 0.3 is 0 Å². The molecule has 0 saturated heterocycles. The third-order valence-corrected chi connectivity index (χ3v) is 3.73. The third kappa shape index (κ3) is 5.10. The maximum Gasteiger partial charge on any atom is 0.106 e. The maximum atomic E-state index is 8.00. The third-order valence-electron chi connectivity index (χ3n) is 3.73. The zero-order chi connectivity index (χ0) is 14.7. The van der Waals surface area contributed by atoms with Crippen molar-refractivity contribution in [3.63, 3.8) is 0 Å². The summed E-state index contributed by atoms with van der Waals surface area (Å²) < 4.78 is 0. The molecule has 0 bridgehead atoms.